The molecule has 120 heavy (non-hydrogen) atoms. The van der Waals surface area contributed by atoms with Crippen molar-refractivity contribution in [3.63, 3.8) is 0 Å². The van der Waals surface area contributed by atoms with Crippen molar-refractivity contribution < 1.29 is 8.42 Å². The Kier molecular flexibility index (Phi) is 21.2. The summed E-state index contributed by atoms with van der Waals surface area (Å²) >= 11 is 0. The molecule has 10 nitrogen and oxygen atoms in total. The Labute approximate surface area is 706 Å². The van der Waals surface area contributed by atoms with Crippen LogP contribution in [0.15, 0.2) is 392 Å². The van der Waals surface area contributed by atoms with Crippen LogP contribution in [0.1, 0.15) is 104 Å². The third-order valence-electron chi connectivity index (χ3n) is 22.9. The second-order valence-electron chi connectivity index (χ2n) is 34.8. The first kappa shape index (κ1) is 78.8. The molecule has 0 saturated heterocycles. The first-order valence-electron chi connectivity index (χ1n) is 41.2. The van der Waals surface area contributed by atoms with Crippen LogP contribution in [0.2, 0.25) is 0 Å². The standard InChI is InChI=1S/C109H98N8O2S/c1-106(2,3)80-41-53-88(54-42-80)113(89-55-43-81(44-56-89)107(4,5)6)92-61-67-97(68-62-92)120(118,119)98-69-63-93(64-70-98)114(90-57-45-82(46-58-90)108(7,8)9)91-59-47-83(48-60-91)109(10,11)75-76-37-49-87(50-38-76)116(86-35-25-16-26-36-86)96-66-72-102-100(74-96)99-73-95(115(84-31-21-14-22-32-84)85-33-23-15-24-34-85)65-71-101(99)117(102)94-51-39-79(40-52-94)105-111-103(77-27-17-12-18-28-77)110-104(112-105)78-29-19-13-20-30-78/h12-74H,75H2,1-11H3. The van der Waals surface area contributed by atoms with E-state index in [-0.39, 0.29) is 31.5 Å². The molecule has 2 aromatic heterocycles. The van der Waals surface area contributed by atoms with Crippen LogP contribution in [0.25, 0.3) is 61.7 Å². The first-order chi connectivity index (χ1) is 57.9. The van der Waals surface area contributed by atoms with Gasteiger partial charge in [-0.05, 0) is 262 Å². The Morgan fingerprint density at radius 3 is 0.817 bits per heavy atom. The van der Waals surface area contributed by atoms with Crippen molar-refractivity contribution in [3.8, 4) is 39.9 Å². The minimum Gasteiger partial charge on any atom is -0.311 e. The second kappa shape index (κ2) is 32.3. The molecule has 0 atom stereocenters. The molecule has 0 bridgehead atoms. The number of rotatable bonds is 21. The average molecular weight is 1580 g/mol. The molecule has 0 N–H and O–H groups in total. The van der Waals surface area contributed by atoms with Crippen molar-refractivity contribution in [1.29, 1.82) is 0 Å². The fraction of sp³-hybridized carbons (Fsp3) is 0.147. The molecule has 0 saturated carbocycles. The Morgan fingerprint density at radius 1 is 0.258 bits per heavy atom. The molecule has 0 aliphatic heterocycles. The van der Waals surface area contributed by atoms with Gasteiger partial charge in [0.15, 0.2) is 17.5 Å². The van der Waals surface area contributed by atoms with E-state index in [0.717, 1.165) is 119 Å². The van der Waals surface area contributed by atoms with Gasteiger partial charge in [0.25, 0.3) is 0 Å². The van der Waals surface area contributed by atoms with Crippen LogP contribution < -0.4 is 19.6 Å². The molecular formula is C109H98N8O2S. The van der Waals surface area contributed by atoms with E-state index in [1.54, 1.807) is 24.3 Å². The van der Waals surface area contributed by atoms with Crippen LogP contribution in [0.5, 0.6) is 0 Å². The number of hydrogen-bond donors (Lipinski definition) is 0. The van der Waals surface area contributed by atoms with E-state index in [9.17, 15) is 8.42 Å². The van der Waals surface area contributed by atoms with E-state index in [1.165, 1.54) is 27.8 Å². The molecule has 0 fully saturated rings. The number of sulfone groups is 1. The van der Waals surface area contributed by atoms with Gasteiger partial charge in [0.1, 0.15) is 0 Å². The van der Waals surface area contributed by atoms with Crippen LogP contribution >= 0.6 is 0 Å². The van der Waals surface area contributed by atoms with Gasteiger partial charge in [-0.25, -0.2) is 23.4 Å². The molecule has 0 spiro atoms. The van der Waals surface area contributed by atoms with Gasteiger partial charge in [0.05, 0.1) is 20.8 Å². The molecule has 15 aromatic carbocycles. The molecule has 0 radical (unpaired) electrons. The van der Waals surface area contributed by atoms with E-state index in [0.29, 0.717) is 17.5 Å². The Morgan fingerprint density at radius 2 is 0.508 bits per heavy atom. The molecule has 0 aliphatic carbocycles. The summed E-state index contributed by atoms with van der Waals surface area (Å²) in [5.41, 5.74) is 23.4. The lowest BCUT2D eigenvalue weighted by molar-refractivity contribution is 0.522. The molecule has 0 aliphatic rings. The van der Waals surface area contributed by atoms with Crippen molar-refractivity contribution in [2.75, 3.05) is 19.6 Å². The number of anilines is 12. The van der Waals surface area contributed by atoms with Gasteiger partial charge >= 0.3 is 0 Å². The topological polar surface area (TPSA) is 90.7 Å². The fourth-order valence-corrected chi connectivity index (χ4v) is 17.5. The number of aromatic nitrogens is 4. The minimum atomic E-state index is -3.93. The number of para-hydroxylation sites is 3. The predicted octanol–water partition coefficient (Wildman–Crippen LogP) is 29.1. The van der Waals surface area contributed by atoms with Gasteiger partial charge in [-0.15, -0.1) is 0 Å². The summed E-state index contributed by atoms with van der Waals surface area (Å²) < 4.78 is 31.9. The van der Waals surface area contributed by atoms with Crippen molar-refractivity contribution in [1.82, 2.24) is 19.5 Å². The molecule has 592 valence electrons. The number of nitrogens with zero attached hydrogens (tertiary/aromatic N) is 8. The maximum absolute atomic E-state index is 14.8. The Hall–Kier alpha value is -13.7. The van der Waals surface area contributed by atoms with Gasteiger partial charge in [0.2, 0.25) is 9.84 Å². The number of benzene rings is 15. The Balaban J connectivity index is 0.669. The Bertz CT molecular complexity index is 6420. The first-order valence-corrected chi connectivity index (χ1v) is 42.7. The number of fused-ring (bicyclic) bond motifs is 3. The average Bonchev–Trinajstić information content (AvgIpc) is 1.57. The summed E-state index contributed by atoms with van der Waals surface area (Å²) in [6.07, 6.45) is 0.778. The summed E-state index contributed by atoms with van der Waals surface area (Å²) in [4.78, 5) is 24.7. The fourth-order valence-electron chi connectivity index (χ4n) is 16.2. The third-order valence-corrected chi connectivity index (χ3v) is 24.7. The summed E-state index contributed by atoms with van der Waals surface area (Å²) in [6.45, 7) is 24.6. The normalized spacial score (nSPS) is 12.1. The SMILES string of the molecule is CC(C)(C)c1ccc(N(c2ccc(C(C)(C)C)cc2)c2ccc(S(=O)(=O)c3ccc(N(c4ccc(C(C)(C)C)cc4)c4ccc(C(C)(C)Cc5ccc(N(c6ccccc6)c6ccc7c(c6)c6cc(N(c8ccccc8)c8ccccc8)ccc6n7-c6ccc(-c7nc(-c8ccccc8)nc(-c8ccccc8)n7)cc6)cc5)cc4)cc3)cc2)cc1. The molecule has 0 unspecified atom stereocenters. The van der Waals surface area contributed by atoms with E-state index in [4.69, 9.17) is 15.0 Å². The minimum absolute atomic E-state index is 0.0111. The van der Waals surface area contributed by atoms with Crippen molar-refractivity contribution in [2.45, 2.75) is 114 Å². The maximum atomic E-state index is 14.8. The van der Waals surface area contributed by atoms with Crippen molar-refractivity contribution in [3.05, 3.63) is 410 Å². The predicted molar refractivity (Wildman–Crippen MR) is 500 cm³/mol. The summed E-state index contributed by atoms with van der Waals surface area (Å²) in [5, 5.41) is 2.20. The van der Waals surface area contributed by atoms with Crippen LogP contribution in [0, 0.1) is 0 Å². The maximum Gasteiger partial charge on any atom is 0.206 e. The summed E-state index contributed by atoms with van der Waals surface area (Å²) in [5.74, 6) is 1.82. The van der Waals surface area contributed by atoms with Gasteiger partial charge < -0.3 is 24.2 Å². The van der Waals surface area contributed by atoms with E-state index >= 15 is 0 Å². The highest BCUT2D eigenvalue weighted by atomic mass is 32.2. The summed E-state index contributed by atoms with van der Waals surface area (Å²) in [6, 6.07) is 133. The molecule has 0 amide bonds. The lowest BCUT2D eigenvalue weighted by Gasteiger charge is -2.29. The van der Waals surface area contributed by atoms with Gasteiger partial charge in [-0.1, -0.05) is 252 Å². The third kappa shape index (κ3) is 16.3. The van der Waals surface area contributed by atoms with Gasteiger partial charge in [-0.2, -0.15) is 0 Å². The second-order valence-corrected chi connectivity index (χ2v) is 36.8. The van der Waals surface area contributed by atoms with Gasteiger partial charge in [0, 0.05) is 101 Å². The molecule has 2 heterocycles. The van der Waals surface area contributed by atoms with Gasteiger partial charge in [-0.3, -0.25) is 0 Å². The molecular weight excluding hydrogens is 1490 g/mol. The lowest BCUT2D eigenvalue weighted by Crippen LogP contribution is -2.21. The highest BCUT2D eigenvalue weighted by Gasteiger charge is 2.28. The highest BCUT2D eigenvalue weighted by molar-refractivity contribution is 7.91. The zero-order valence-electron chi connectivity index (χ0n) is 69.9. The van der Waals surface area contributed by atoms with Crippen LogP contribution in [-0.4, -0.2) is 27.9 Å². The highest BCUT2D eigenvalue weighted by Crippen LogP contribution is 2.46. The summed E-state index contributed by atoms with van der Waals surface area (Å²) in [7, 11) is -3.93. The van der Waals surface area contributed by atoms with Crippen molar-refractivity contribution in [2.24, 2.45) is 0 Å². The number of hydrogen-bond acceptors (Lipinski definition) is 9. The smallest absolute Gasteiger partial charge is 0.206 e. The van der Waals surface area contributed by atoms with E-state index in [2.05, 4.69) is 373 Å². The van der Waals surface area contributed by atoms with Crippen LogP contribution in [0.4, 0.5) is 68.2 Å². The van der Waals surface area contributed by atoms with E-state index in [1.807, 2.05) is 84.9 Å². The zero-order chi connectivity index (χ0) is 83.1. The zero-order valence-corrected chi connectivity index (χ0v) is 70.7. The quantitative estimate of drug-likeness (QED) is 0.0698. The monoisotopic (exact) mass is 1580 g/mol. The largest absolute Gasteiger partial charge is 0.311 e. The van der Waals surface area contributed by atoms with Crippen LogP contribution in [-0.2, 0) is 37.9 Å². The molecule has 11 heteroatoms. The molecule has 17 rings (SSSR count). The lowest BCUT2D eigenvalue weighted by atomic mass is 9.79. The van der Waals surface area contributed by atoms with Crippen molar-refractivity contribution >= 4 is 99.9 Å². The molecule has 17 aromatic rings. The van der Waals surface area contributed by atoms with E-state index < -0.39 is 9.84 Å². The van der Waals surface area contributed by atoms with Crippen LogP contribution in [0.3, 0.4) is 0 Å².